The Morgan fingerprint density at radius 3 is 2.39 bits per heavy atom. The van der Waals surface area contributed by atoms with Crippen LogP contribution in [0.25, 0.3) is 10.6 Å². The molecule has 0 aliphatic rings. The summed E-state index contributed by atoms with van der Waals surface area (Å²) in [6.45, 7) is 5.03. The second-order valence-corrected chi connectivity index (χ2v) is 6.08. The van der Waals surface area contributed by atoms with Crippen molar-refractivity contribution in [2.24, 2.45) is 0 Å². The molecule has 0 amide bonds. The lowest BCUT2D eigenvalue weighted by atomic mass is 10.1. The van der Waals surface area contributed by atoms with Gasteiger partial charge in [0, 0.05) is 12.5 Å². The second-order valence-electron chi connectivity index (χ2n) is 5.05. The van der Waals surface area contributed by atoms with Gasteiger partial charge in [-0.2, -0.15) is 13.2 Å². The lowest BCUT2D eigenvalue weighted by Gasteiger charge is -2.13. The number of hydrogen-bond acceptors (Lipinski definition) is 4. The third kappa shape index (κ3) is 4.10. The minimum Gasteiger partial charge on any atom is -0.457 e. The van der Waals surface area contributed by atoms with E-state index in [9.17, 15) is 18.0 Å². The summed E-state index contributed by atoms with van der Waals surface area (Å²) in [4.78, 5) is 16.4. The van der Waals surface area contributed by atoms with Crippen LogP contribution in [0.4, 0.5) is 13.2 Å². The van der Waals surface area contributed by atoms with E-state index in [-0.39, 0.29) is 12.1 Å². The van der Waals surface area contributed by atoms with Crippen molar-refractivity contribution >= 4 is 17.3 Å². The fourth-order valence-corrected chi connectivity index (χ4v) is 3.34. The number of carbonyl (C=O) groups excluding carboxylic acids is 1. The largest absolute Gasteiger partial charge is 0.457 e. The second kappa shape index (κ2) is 6.70. The van der Waals surface area contributed by atoms with Crippen LogP contribution in [-0.4, -0.2) is 11.0 Å². The smallest absolute Gasteiger partial charge is 0.416 e. The Kier molecular flexibility index (Phi) is 5.09. The van der Waals surface area contributed by atoms with E-state index in [0.717, 1.165) is 22.7 Å². The van der Waals surface area contributed by atoms with Gasteiger partial charge in [0.15, 0.2) is 0 Å². The van der Waals surface area contributed by atoms with E-state index in [4.69, 9.17) is 4.74 Å². The lowest BCUT2D eigenvalue weighted by Crippen LogP contribution is -2.07. The summed E-state index contributed by atoms with van der Waals surface area (Å²) in [5.41, 5.74) is 0.633. The van der Waals surface area contributed by atoms with Crippen molar-refractivity contribution in [3.63, 3.8) is 0 Å². The third-order valence-corrected chi connectivity index (χ3v) is 4.56. The van der Waals surface area contributed by atoms with Crippen LogP contribution < -0.4 is 0 Å². The number of rotatable bonds is 4. The fourth-order valence-electron chi connectivity index (χ4n) is 2.15. The summed E-state index contributed by atoms with van der Waals surface area (Å²) in [5, 5.41) is 0.608. The molecule has 0 N–H and O–H groups in total. The molecule has 0 saturated carbocycles. The van der Waals surface area contributed by atoms with Crippen molar-refractivity contribution in [2.45, 2.75) is 39.5 Å². The number of halogens is 3. The molecule has 1 heterocycles. The monoisotopic (exact) mass is 343 g/mol. The Balaban J connectivity index is 2.31. The normalized spacial score (nSPS) is 13.0. The molecule has 3 nitrogen and oxygen atoms in total. The molecule has 0 saturated heterocycles. The predicted molar refractivity (Wildman–Crippen MR) is 82.1 cm³/mol. The lowest BCUT2D eigenvalue weighted by molar-refractivity contribution is -0.146. The first kappa shape index (κ1) is 17.5. The highest BCUT2D eigenvalue weighted by molar-refractivity contribution is 7.15. The van der Waals surface area contributed by atoms with Crippen LogP contribution in [0.2, 0.25) is 0 Å². The Morgan fingerprint density at radius 2 is 1.91 bits per heavy atom. The number of alkyl halides is 3. The van der Waals surface area contributed by atoms with E-state index in [0.29, 0.717) is 17.0 Å². The first-order chi connectivity index (χ1) is 10.7. The van der Waals surface area contributed by atoms with Crippen LogP contribution in [0.5, 0.6) is 0 Å². The van der Waals surface area contributed by atoms with E-state index in [1.54, 1.807) is 6.92 Å². The summed E-state index contributed by atoms with van der Waals surface area (Å²) in [7, 11) is 0. The van der Waals surface area contributed by atoms with Crippen LogP contribution in [0.1, 0.15) is 42.5 Å². The molecule has 2 aromatic rings. The predicted octanol–water partition coefficient (Wildman–Crippen LogP) is 5.15. The average molecular weight is 343 g/mol. The zero-order valence-electron chi connectivity index (χ0n) is 12.9. The Hall–Kier alpha value is -1.89. The van der Waals surface area contributed by atoms with Crippen LogP contribution >= 0.6 is 11.3 Å². The van der Waals surface area contributed by atoms with E-state index in [1.807, 2.05) is 6.92 Å². The number of carbonyl (C=O) groups is 1. The molecule has 1 atom stereocenters. The minimum absolute atomic E-state index is 0.374. The Labute approximate surface area is 136 Å². The molecule has 0 aliphatic carbocycles. The van der Waals surface area contributed by atoms with Crippen LogP contribution in [0.3, 0.4) is 0 Å². The first-order valence-electron chi connectivity index (χ1n) is 7.04. The summed E-state index contributed by atoms with van der Waals surface area (Å²) in [6.07, 6.45) is -4.13. The summed E-state index contributed by atoms with van der Waals surface area (Å²) in [6, 6.07) is 4.87. The van der Waals surface area contributed by atoms with E-state index in [1.165, 1.54) is 30.4 Å². The molecule has 0 bridgehead atoms. The molecular formula is C16H16F3NO2S. The number of aromatic nitrogens is 1. The standard InChI is InChI=1S/C16H16F3NO2S/c1-4-13(22-10(3)21)14-9(2)20-15(23-14)11-5-7-12(8-6-11)16(17,18)19/h5-8,13H,4H2,1-3H3/t13-/m0/s1. The Morgan fingerprint density at radius 1 is 1.30 bits per heavy atom. The number of nitrogens with zero attached hydrogens (tertiary/aromatic N) is 1. The molecule has 0 unspecified atom stereocenters. The van der Waals surface area contributed by atoms with Gasteiger partial charge >= 0.3 is 12.1 Å². The molecule has 0 fully saturated rings. The number of thiazole rings is 1. The van der Waals surface area contributed by atoms with Gasteiger partial charge in [0.2, 0.25) is 0 Å². The SMILES string of the molecule is CC[C@H](OC(C)=O)c1sc(-c2ccc(C(F)(F)F)cc2)nc1C. The van der Waals surface area contributed by atoms with Crippen molar-refractivity contribution < 1.29 is 22.7 Å². The average Bonchev–Trinajstić information content (AvgIpc) is 2.86. The van der Waals surface area contributed by atoms with Crippen molar-refractivity contribution in [1.29, 1.82) is 0 Å². The maximum Gasteiger partial charge on any atom is 0.416 e. The number of aryl methyl sites for hydroxylation is 1. The minimum atomic E-state index is -4.36. The van der Waals surface area contributed by atoms with Crippen molar-refractivity contribution in [1.82, 2.24) is 4.98 Å². The molecular weight excluding hydrogens is 327 g/mol. The third-order valence-electron chi connectivity index (χ3n) is 3.26. The van der Waals surface area contributed by atoms with Gasteiger partial charge in [-0.05, 0) is 25.5 Å². The number of benzene rings is 1. The van der Waals surface area contributed by atoms with Gasteiger partial charge in [-0.1, -0.05) is 19.1 Å². The molecule has 0 aliphatic heterocycles. The van der Waals surface area contributed by atoms with Crippen molar-refractivity contribution in [3.05, 3.63) is 40.4 Å². The van der Waals surface area contributed by atoms with Crippen LogP contribution in [-0.2, 0) is 15.7 Å². The van der Waals surface area contributed by atoms with Gasteiger partial charge in [-0.25, -0.2) is 4.98 Å². The van der Waals surface area contributed by atoms with E-state index < -0.39 is 11.7 Å². The molecule has 124 valence electrons. The van der Waals surface area contributed by atoms with Gasteiger partial charge in [0.05, 0.1) is 16.1 Å². The van der Waals surface area contributed by atoms with Crippen LogP contribution in [0.15, 0.2) is 24.3 Å². The van der Waals surface area contributed by atoms with Gasteiger partial charge in [-0.3, -0.25) is 4.79 Å². The van der Waals surface area contributed by atoms with E-state index in [2.05, 4.69) is 4.98 Å². The van der Waals surface area contributed by atoms with Gasteiger partial charge in [-0.15, -0.1) is 11.3 Å². The summed E-state index contributed by atoms with van der Waals surface area (Å²) >= 11 is 1.33. The molecule has 1 aromatic heterocycles. The molecule has 7 heteroatoms. The molecule has 2 rings (SSSR count). The quantitative estimate of drug-likeness (QED) is 0.721. The van der Waals surface area contributed by atoms with Crippen LogP contribution in [0, 0.1) is 6.92 Å². The maximum absolute atomic E-state index is 12.6. The topological polar surface area (TPSA) is 39.2 Å². The highest BCUT2D eigenvalue weighted by Crippen LogP contribution is 2.36. The van der Waals surface area contributed by atoms with Crippen molar-refractivity contribution in [2.75, 3.05) is 0 Å². The van der Waals surface area contributed by atoms with E-state index >= 15 is 0 Å². The molecule has 0 spiro atoms. The fraction of sp³-hybridized carbons (Fsp3) is 0.375. The summed E-state index contributed by atoms with van der Waals surface area (Å²) < 4.78 is 43.1. The zero-order valence-corrected chi connectivity index (χ0v) is 13.7. The molecule has 1 aromatic carbocycles. The van der Waals surface area contributed by atoms with Gasteiger partial charge in [0.25, 0.3) is 0 Å². The molecule has 0 radical (unpaired) electrons. The zero-order chi connectivity index (χ0) is 17.2. The highest BCUT2D eigenvalue weighted by atomic mass is 32.1. The maximum atomic E-state index is 12.6. The first-order valence-corrected chi connectivity index (χ1v) is 7.86. The Bertz CT molecular complexity index is 692. The van der Waals surface area contributed by atoms with Gasteiger partial charge < -0.3 is 4.74 Å². The highest BCUT2D eigenvalue weighted by Gasteiger charge is 2.30. The number of ether oxygens (including phenoxy) is 1. The summed E-state index contributed by atoms with van der Waals surface area (Å²) in [5.74, 6) is -0.374. The number of esters is 1. The molecule has 23 heavy (non-hydrogen) atoms. The van der Waals surface area contributed by atoms with Gasteiger partial charge in [0.1, 0.15) is 11.1 Å². The number of hydrogen-bond donors (Lipinski definition) is 0. The van der Waals surface area contributed by atoms with Crippen molar-refractivity contribution in [3.8, 4) is 10.6 Å².